The van der Waals surface area contributed by atoms with Crippen molar-refractivity contribution in [1.82, 2.24) is 5.32 Å². The van der Waals surface area contributed by atoms with E-state index in [1.165, 1.54) is 10.0 Å². The van der Waals surface area contributed by atoms with Gasteiger partial charge in [-0.15, -0.1) is 0 Å². The number of hydrogen-bond acceptors (Lipinski definition) is 2. The number of halogens is 1. The summed E-state index contributed by atoms with van der Waals surface area (Å²) in [4.78, 5) is 0. The van der Waals surface area contributed by atoms with Crippen LogP contribution in [0.4, 0.5) is 0 Å². The van der Waals surface area contributed by atoms with E-state index >= 15 is 0 Å². The molecule has 0 radical (unpaired) electrons. The molecular formula is C12H19BrN2. The third-order valence-electron chi connectivity index (χ3n) is 2.62. The van der Waals surface area contributed by atoms with Gasteiger partial charge in [-0.05, 0) is 30.6 Å². The summed E-state index contributed by atoms with van der Waals surface area (Å²) >= 11 is 3.53. The second kappa shape index (κ2) is 6.99. The maximum Gasteiger partial charge on any atom is 0.0220 e. The summed E-state index contributed by atoms with van der Waals surface area (Å²) in [6.45, 7) is 4.84. The van der Waals surface area contributed by atoms with Crippen molar-refractivity contribution in [1.29, 1.82) is 0 Å². The normalized spacial score (nSPS) is 12.7. The van der Waals surface area contributed by atoms with Gasteiger partial charge in [0.15, 0.2) is 0 Å². The first kappa shape index (κ1) is 12.7. The summed E-state index contributed by atoms with van der Waals surface area (Å²) in [5, 5.41) is 3.43. The Hall–Kier alpha value is -0.380. The molecule has 0 fully saturated rings. The minimum absolute atomic E-state index is 0.590. The fourth-order valence-corrected chi connectivity index (χ4v) is 1.87. The molecule has 0 aliphatic heterocycles. The van der Waals surface area contributed by atoms with Crippen LogP contribution in [0.15, 0.2) is 28.7 Å². The standard InChI is InChI=1S/C12H19BrN2/c1-2-10(7-14)8-15-9-11-5-3-4-6-12(11)13/h3-6,10,15H,2,7-9,14H2,1H3. The van der Waals surface area contributed by atoms with E-state index in [2.05, 4.69) is 46.4 Å². The first-order valence-electron chi connectivity index (χ1n) is 5.42. The molecular weight excluding hydrogens is 252 g/mol. The lowest BCUT2D eigenvalue weighted by molar-refractivity contribution is 0.471. The van der Waals surface area contributed by atoms with Crippen molar-refractivity contribution >= 4 is 15.9 Å². The summed E-state index contributed by atoms with van der Waals surface area (Å²) in [6, 6.07) is 8.28. The number of hydrogen-bond donors (Lipinski definition) is 2. The molecule has 0 saturated carbocycles. The zero-order valence-electron chi connectivity index (χ0n) is 9.17. The maximum absolute atomic E-state index is 5.64. The Bertz CT molecular complexity index is 285. The summed E-state index contributed by atoms with van der Waals surface area (Å²) in [6.07, 6.45) is 1.14. The van der Waals surface area contributed by atoms with Gasteiger partial charge in [0.1, 0.15) is 0 Å². The zero-order valence-corrected chi connectivity index (χ0v) is 10.8. The van der Waals surface area contributed by atoms with Crippen LogP contribution in [0, 0.1) is 5.92 Å². The van der Waals surface area contributed by atoms with Crippen LogP contribution in [0.5, 0.6) is 0 Å². The zero-order chi connectivity index (χ0) is 11.1. The van der Waals surface area contributed by atoms with Crippen molar-refractivity contribution in [3.8, 4) is 0 Å². The first-order chi connectivity index (χ1) is 7.27. The summed E-state index contributed by atoms with van der Waals surface area (Å²) in [5.74, 6) is 0.590. The molecule has 0 aromatic heterocycles. The van der Waals surface area contributed by atoms with E-state index in [0.717, 1.165) is 26.1 Å². The molecule has 1 aromatic rings. The lowest BCUT2D eigenvalue weighted by Gasteiger charge is -2.13. The van der Waals surface area contributed by atoms with E-state index in [9.17, 15) is 0 Å². The highest BCUT2D eigenvalue weighted by Gasteiger charge is 2.03. The third kappa shape index (κ3) is 4.33. The molecule has 1 rings (SSSR count). The van der Waals surface area contributed by atoms with E-state index in [1.807, 2.05) is 6.07 Å². The van der Waals surface area contributed by atoms with Crippen molar-refractivity contribution < 1.29 is 0 Å². The first-order valence-corrected chi connectivity index (χ1v) is 6.21. The number of benzene rings is 1. The van der Waals surface area contributed by atoms with Crippen LogP contribution in [0.25, 0.3) is 0 Å². The van der Waals surface area contributed by atoms with Gasteiger partial charge in [-0.1, -0.05) is 47.5 Å². The molecule has 3 N–H and O–H groups in total. The van der Waals surface area contributed by atoms with Crippen LogP contribution < -0.4 is 11.1 Å². The average Bonchev–Trinajstić information content (AvgIpc) is 2.27. The largest absolute Gasteiger partial charge is 0.330 e. The van der Waals surface area contributed by atoms with Gasteiger partial charge in [-0.25, -0.2) is 0 Å². The highest BCUT2D eigenvalue weighted by molar-refractivity contribution is 9.10. The summed E-state index contributed by atoms with van der Waals surface area (Å²) in [5.41, 5.74) is 6.94. The Labute approximate surface area is 100 Å². The number of nitrogens with two attached hydrogens (primary N) is 1. The summed E-state index contributed by atoms with van der Waals surface area (Å²) < 4.78 is 1.17. The van der Waals surface area contributed by atoms with Crippen molar-refractivity contribution in [2.24, 2.45) is 11.7 Å². The van der Waals surface area contributed by atoms with Gasteiger partial charge in [0.25, 0.3) is 0 Å². The molecule has 0 aliphatic carbocycles. The van der Waals surface area contributed by atoms with Gasteiger partial charge < -0.3 is 11.1 Å². The second-order valence-corrected chi connectivity index (χ2v) is 4.59. The monoisotopic (exact) mass is 270 g/mol. The highest BCUT2D eigenvalue weighted by atomic mass is 79.9. The van der Waals surface area contributed by atoms with E-state index in [1.54, 1.807) is 0 Å². The van der Waals surface area contributed by atoms with E-state index < -0.39 is 0 Å². The molecule has 0 saturated heterocycles. The van der Waals surface area contributed by atoms with Crippen LogP contribution in [0.2, 0.25) is 0 Å². The van der Waals surface area contributed by atoms with Crippen LogP contribution in [-0.2, 0) is 6.54 Å². The molecule has 0 bridgehead atoms. The van der Waals surface area contributed by atoms with Crippen molar-refractivity contribution in [3.63, 3.8) is 0 Å². The van der Waals surface area contributed by atoms with E-state index in [0.29, 0.717) is 5.92 Å². The van der Waals surface area contributed by atoms with Crippen LogP contribution in [0.3, 0.4) is 0 Å². The van der Waals surface area contributed by atoms with Crippen LogP contribution in [-0.4, -0.2) is 13.1 Å². The number of rotatable bonds is 6. The molecule has 1 atom stereocenters. The third-order valence-corrected chi connectivity index (χ3v) is 3.39. The molecule has 3 heteroatoms. The second-order valence-electron chi connectivity index (χ2n) is 3.73. The highest BCUT2D eigenvalue weighted by Crippen LogP contribution is 2.15. The Morgan fingerprint density at radius 3 is 2.73 bits per heavy atom. The van der Waals surface area contributed by atoms with Gasteiger partial charge in [0.05, 0.1) is 0 Å². The molecule has 15 heavy (non-hydrogen) atoms. The Kier molecular flexibility index (Phi) is 5.91. The maximum atomic E-state index is 5.64. The average molecular weight is 271 g/mol. The van der Waals surface area contributed by atoms with Gasteiger partial charge >= 0.3 is 0 Å². The SMILES string of the molecule is CCC(CN)CNCc1ccccc1Br. The lowest BCUT2D eigenvalue weighted by Crippen LogP contribution is -2.27. The lowest BCUT2D eigenvalue weighted by atomic mass is 10.1. The fraction of sp³-hybridized carbons (Fsp3) is 0.500. The van der Waals surface area contributed by atoms with E-state index in [4.69, 9.17) is 5.73 Å². The van der Waals surface area contributed by atoms with Crippen LogP contribution in [0.1, 0.15) is 18.9 Å². The Morgan fingerprint density at radius 2 is 2.13 bits per heavy atom. The summed E-state index contributed by atoms with van der Waals surface area (Å²) in [7, 11) is 0. The van der Waals surface area contributed by atoms with Gasteiger partial charge in [0.2, 0.25) is 0 Å². The molecule has 0 amide bonds. The fourth-order valence-electron chi connectivity index (χ4n) is 1.45. The topological polar surface area (TPSA) is 38.0 Å². The number of nitrogens with one attached hydrogen (secondary N) is 1. The molecule has 1 unspecified atom stereocenters. The van der Waals surface area contributed by atoms with Gasteiger partial charge in [-0.2, -0.15) is 0 Å². The molecule has 0 spiro atoms. The smallest absolute Gasteiger partial charge is 0.0220 e. The van der Waals surface area contributed by atoms with Crippen molar-refractivity contribution in [2.45, 2.75) is 19.9 Å². The van der Waals surface area contributed by atoms with E-state index in [-0.39, 0.29) is 0 Å². The minimum Gasteiger partial charge on any atom is -0.330 e. The molecule has 0 heterocycles. The molecule has 84 valence electrons. The molecule has 2 nitrogen and oxygen atoms in total. The Morgan fingerprint density at radius 1 is 1.40 bits per heavy atom. The molecule has 0 aliphatic rings. The van der Waals surface area contributed by atoms with Crippen molar-refractivity contribution in [2.75, 3.05) is 13.1 Å². The van der Waals surface area contributed by atoms with Gasteiger partial charge in [0, 0.05) is 11.0 Å². The Balaban J connectivity index is 2.34. The predicted molar refractivity (Wildman–Crippen MR) is 68.7 cm³/mol. The van der Waals surface area contributed by atoms with Crippen LogP contribution >= 0.6 is 15.9 Å². The van der Waals surface area contributed by atoms with Gasteiger partial charge in [-0.3, -0.25) is 0 Å². The van der Waals surface area contributed by atoms with Crippen molar-refractivity contribution in [3.05, 3.63) is 34.3 Å². The predicted octanol–water partition coefficient (Wildman–Crippen LogP) is 2.52. The molecule has 1 aromatic carbocycles. The quantitative estimate of drug-likeness (QED) is 0.834. The minimum atomic E-state index is 0.590.